The van der Waals surface area contributed by atoms with E-state index in [1.807, 2.05) is 6.92 Å². The number of aromatic nitrogens is 2. The van der Waals surface area contributed by atoms with E-state index in [0.717, 1.165) is 5.75 Å². The van der Waals surface area contributed by atoms with Crippen molar-refractivity contribution in [2.24, 2.45) is 0 Å². The summed E-state index contributed by atoms with van der Waals surface area (Å²) >= 11 is 1.40. The monoisotopic (exact) mass is 348 g/mol. The second kappa shape index (κ2) is 6.60. The average Bonchev–Trinajstić information content (AvgIpc) is 2.55. The maximum atomic E-state index is 13.8. The Kier molecular flexibility index (Phi) is 4.53. The molecule has 0 N–H and O–H groups in total. The summed E-state index contributed by atoms with van der Waals surface area (Å²) in [6, 6.07) is 7.96. The second-order valence-electron chi connectivity index (χ2n) is 4.95. The Morgan fingerprint density at radius 2 is 1.88 bits per heavy atom. The normalized spacial score (nSPS) is 11.0. The predicted octanol–water partition coefficient (Wildman–Crippen LogP) is 3.78. The van der Waals surface area contributed by atoms with Gasteiger partial charge in [0.1, 0.15) is 22.4 Å². The van der Waals surface area contributed by atoms with E-state index in [4.69, 9.17) is 4.74 Å². The average molecular weight is 348 g/mol. The molecule has 0 fully saturated rings. The van der Waals surface area contributed by atoms with E-state index in [1.165, 1.54) is 53.8 Å². The first-order chi connectivity index (χ1) is 11.5. The molecule has 1 aromatic heterocycles. The fourth-order valence-corrected chi connectivity index (χ4v) is 3.23. The van der Waals surface area contributed by atoms with E-state index in [2.05, 4.69) is 4.98 Å². The van der Waals surface area contributed by atoms with Crippen molar-refractivity contribution in [2.45, 2.75) is 11.9 Å². The molecule has 2 aromatic carbocycles. The molecule has 0 amide bonds. The van der Waals surface area contributed by atoms with Crippen LogP contribution in [0.1, 0.15) is 6.92 Å². The third-order valence-electron chi connectivity index (χ3n) is 3.48. The number of benzene rings is 2. The highest BCUT2D eigenvalue weighted by Gasteiger charge is 2.16. The van der Waals surface area contributed by atoms with Crippen LogP contribution >= 0.6 is 11.8 Å². The fourth-order valence-electron chi connectivity index (χ4n) is 2.49. The smallest absolute Gasteiger partial charge is 0.353 e. The summed E-state index contributed by atoms with van der Waals surface area (Å²) in [7, 11) is 1.38. The first kappa shape index (κ1) is 16.4. The maximum Gasteiger partial charge on any atom is 0.353 e. The molecule has 1 heterocycles. The van der Waals surface area contributed by atoms with Crippen molar-refractivity contribution >= 4 is 22.7 Å². The van der Waals surface area contributed by atoms with Crippen molar-refractivity contribution in [1.29, 1.82) is 0 Å². The standard InChI is InChI=1S/C17H14F2N2O2S/c1-3-24-16-12-6-4-10(18)8-14(12)21(17(22)20-16)13-7-5-11(19)9-15(13)23-2/h4-9H,3H2,1-2H3. The number of nitrogens with zero attached hydrogens (tertiary/aromatic N) is 2. The van der Waals surface area contributed by atoms with E-state index in [1.54, 1.807) is 6.07 Å². The van der Waals surface area contributed by atoms with Gasteiger partial charge < -0.3 is 4.74 Å². The molecule has 4 nitrogen and oxygen atoms in total. The molecule has 24 heavy (non-hydrogen) atoms. The Morgan fingerprint density at radius 3 is 2.58 bits per heavy atom. The van der Waals surface area contributed by atoms with Gasteiger partial charge in [-0.05, 0) is 36.1 Å². The lowest BCUT2D eigenvalue weighted by molar-refractivity contribution is 0.409. The molecule has 0 atom stereocenters. The molecule has 3 rings (SSSR count). The van der Waals surface area contributed by atoms with Crippen LogP contribution < -0.4 is 10.4 Å². The van der Waals surface area contributed by atoms with E-state index in [0.29, 0.717) is 21.6 Å². The van der Waals surface area contributed by atoms with Crippen LogP contribution in [0.3, 0.4) is 0 Å². The zero-order chi connectivity index (χ0) is 17.3. The van der Waals surface area contributed by atoms with Gasteiger partial charge in [0.25, 0.3) is 0 Å². The van der Waals surface area contributed by atoms with Crippen LogP contribution in [0.5, 0.6) is 5.75 Å². The molecule has 7 heteroatoms. The first-order valence-corrected chi connectivity index (χ1v) is 8.22. The Morgan fingerprint density at radius 1 is 1.17 bits per heavy atom. The molecular weight excluding hydrogens is 334 g/mol. The molecule has 0 radical (unpaired) electrons. The zero-order valence-electron chi connectivity index (χ0n) is 13.0. The van der Waals surface area contributed by atoms with Crippen LogP contribution in [0.4, 0.5) is 8.78 Å². The number of hydrogen-bond acceptors (Lipinski definition) is 4. The molecular formula is C17H14F2N2O2S. The maximum absolute atomic E-state index is 13.8. The van der Waals surface area contributed by atoms with Crippen molar-refractivity contribution in [3.63, 3.8) is 0 Å². The van der Waals surface area contributed by atoms with Gasteiger partial charge in [0.05, 0.1) is 18.3 Å². The van der Waals surface area contributed by atoms with Gasteiger partial charge in [0.15, 0.2) is 0 Å². The van der Waals surface area contributed by atoms with Gasteiger partial charge in [-0.2, -0.15) is 4.98 Å². The van der Waals surface area contributed by atoms with Crippen LogP contribution in [0.2, 0.25) is 0 Å². The van der Waals surface area contributed by atoms with Crippen molar-refractivity contribution in [3.8, 4) is 11.4 Å². The van der Waals surface area contributed by atoms with E-state index in [9.17, 15) is 13.6 Å². The first-order valence-electron chi connectivity index (χ1n) is 7.24. The third kappa shape index (κ3) is 2.87. The molecule has 0 bridgehead atoms. The van der Waals surface area contributed by atoms with E-state index in [-0.39, 0.29) is 5.75 Å². The second-order valence-corrected chi connectivity index (χ2v) is 6.20. The van der Waals surface area contributed by atoms with Gasteiger partial charge in [-0.15, -0.1) is 11.8 Å². The van der Waals surface area contributed by atoms with E-state index < -0.39 is 17.3 Å². The van der Waals surface area contributed by atoms with E-state index >= 15 is 0 Å². The number of halogens is 2. The lowest BCUT2D eigenvalue weighted by atomic mass is 10.2. The molecule has 124 valence electrons. The third-order valence-corrected chi connectivity index (χ3v) is 4.36. The van der Waals surface area contributed by atoms with Crippen molar-refractivity contribution in [1.82, 2.24) is 9.55 Å². The highest BCUT2D eigenvalue weighted by molar-refractivity contribution is 7.99. The minimum absolute atomic E-state index is 0.167. The fraction of sp³-hybridized carbons (Fsp3) is 0.176. The number of fused-ring (bicyclic) bond motifs is 1. The number of ether oxygens (including phenoxy) is 1. The Hall–Kier alpha value is -2.41. The summed E-state index contributed by atoms with van der Waals surface area (Å²) < 4.78 is 33.6. The Labute approximate surface area is 141 Å². The molecule has 0 saturated heterocycles. The molecule has 0 aliphatic carbocycles. The number of methoxy groups -OCH3 is 1. The summed E-state index contributed by atoms with van der Waals surface area (Å²) in [5.41, 5.74) is 0.0878. The van der Waals surface area contributed by atoms with Gasteiger partial charge in [0.2, 0.25) is 0 Å². The largest absolute Gasteiger partial charge is 0.494 e. The van der Waals surface area contributed by atoms with Crippen LogP contribution in [0.15, 0.2) is 46.2 Å². The number of rotatable bonds is 4. The molecule has 0 unspecified atom stereocenters. The number of hydrogen-bond donors (Lipinski definition) is 0. The highest BCUT2D eigenvalue weighted by atomic mass is 32.2. The zero-order valence-corrected chi connectivity index (χ0v) is 13.9. The van der Waals surface area contributed by atoms with Crippen LogP contribution in [0.25, 0.3) is 16.6 Å². The van der Waals surface area contributed by atoms with Gasteiger partial charge in [-0.1, -0.05) is 6.92 Å². The van der Waals surface area contributed by atoms with Gasteiger partial charge >= 0.3 is 5.69 Å². The summed E-state index contributed by atoms with van der Waals surface area (Å²) in [6.07, 6.45) is 0. The lowest BCUT2D eigenvalue weighted by Gasteiger charge is -2.15. The topological polar surface area (TPSA) is 44.1 Å². The lowest BCUT2D eigenvalue weighted by Crippen LogP contribution is -2.23. The summed E-state index contributed by atoms with van der Waals surface area (Å²) in [5.74, 6) is -0.0796. The van der Waals surface area contributed by atoms with Gasteiger partial charge in [-0.3, -0.25) is 4.57 Å². The molecule has 0 spiro atoms. The molecule has 0 aliphatic rings. The molecule has 3 aromatic rings. The minimum atomic E-state index is -0.575. The van der Waals surface area contributed by atoms with Crippen LogP contribution in [-0.2, 0) is 0 Å². The van der Waals surface area contributed by atoms with Gasteiger partial charge in [0, 0.05) is 11.5 Å². The van der Waals surface area contributed by atoms with Crippen molar-refractivity contribution in [2.75, 3.05) is 12.9 Å². The highest BCUT2D eigenvalue weighted by Crippen LogP contribution is 2.29. The van der Waals surface area contributed by atoms with Gasteiger partial charge in [-0.25, -0.2) is 13.6 Å². The minimum Gasteiger partial charge on any atom is -0.494 e. The Balaban J connectivity index is 2.41. The predicted molar refractivity (Wildman–Crippen MR) is 90.2 cm³/mol. The van der Waals surface area contributed by atoms with Crippen molar-refractivity contribution < 1.29 is 13.5 Å². The SMILES string of the molecule is CCSc1nc(=O)n(-c2ccc(F)cc2OC)c2cc(F)ccc12. The van der Waals surface area contributed by atoms with Crippen LogP contribution in [0, 0.1) is 11.6 Å². The van der Waals surface area contributed by atoms with Crippen molar-refractivity contribution in [3.05, 3.63) is 58.5 Å². The Bertz CT molecular complexity index is 973. The summed E-state index contributed by atoms with van der Waals surface area (Å²) in [5, 5.41) is 1.18. The molecule has 0 aliphatic heterocycles. The summed E-state index contributed by atoms with van der Waals surface area (Å²) in [4.78, 5) is 16.7. The number of thioether (sulfide) groups is 1. The van der Waals surface area contributed by atoms with Crippen LogP contribution in [-0.4, -0.2) is 22.4 Å². The summed E-state index contributed by atoms with van der Waals surface area (Å²) in [6.45, 7) is 1.94. The quantitative estimate of drug-likeness (QED) is 0.532. The molecule has 0 saturated carbocycles.